The van der Waals surface area contributed by atoms with Gasteiger partial charge in [0.15, 0.2) is 6.10 Å². The molecule has 0 bridgehead atoms. The normalized spacial score (nSPS) is 13.0. The zero-order valence-corrected chi connectivity index (χ0v) is 22.0. The maximum absolute atomic E-state index is 11.2. The fraction of sp³-hybridized carbons (Fsp3) is 0.481. The van der Waals surface area contributed by atoms with E-state index in [4.69, 9.17) is 35.3 Å². The third kappa shape index (κ3) is 8.75. The van der Waals surface area contributed by atoms with Crippen LogP contribution in [-0.2, 0) is 29.2 Å². The second kappa shape index (κ2) is 13.4. The predicted octanol–water partition coefficient (Wildman–Crippen LogP) is 4.83. The summed E-state index contributed by atoms with van der Waals surface area (Å²) in [4.78, 5) is 22.4. The van der Waals surface area contributed by atoms with Crippen molar-refractivity contribution in [3.63, 3.8) is 0 Å². The summed E-state index contributed by atoms with van der Waals surface area (Å²) in [5, 5.41) is 0. The van der Waals surface area contributed by atoms with Gasteiger partial charge in [0.1, 0.15) is 30.8 Å². The summed E-state index contributed by atoms with van der Waals surface area (Å²) in [6.07, 6.45) is -0.963. The maximum Gasteiger partial charge on any atom is 0.303 e. The van der Waals surface area contributed by atoms with Gasteiger partial charge in [0.05, 0.1) is 12.5 Å². The number of benzene rings is 2. The molecule has 0 spiro atoms. The highest BCUT2D eigenvalue weighted by molar-refractivity contribution is 6.18. The molecule has 0 aliphatic carbocycles. The average Bonchev–Trinajstić information content (AvgIpc) is 2.80. The van der Waals surface area contributed by atoms with Crippen LogP contribution in [-0.4, -0.2) is 57.0 Å². The van der Waals surface area contributed by atoms with E-state index >= 15 is 0 Å². The van der Waals surface area contributed by atoms with Crippen LogP contribution in [0.2, 0.25) is 0 Å². The highest BCUT2D eigenvalue weighted by Crippen LogP contribution is 2.34. The van der Waals surface area contributed by atoms with Crippen LogP contribution >= 0.6 is 11.6 Å². The Morgan fingerprint density at radius 1 is 0.857 bits per heavy atom. The molecule has 2 aromatic carbocycles. The minimum atomic E-state index is -0.496. The quantitative estimate of drug-likeness (QED) is 0.284. The molecule has 0 radical (unpaired) electrons. The zero-order valence-electron chi connectivity index (χ0n) is 21.3. The number of carbonyl (C=O) groups is 2. The average molecular weight is 507 g/mol. The summed E-state index contributed by atoms with van der Waals surface area (Å²) in [6, 6.07) is 13.9. The lowest BCUT2D eigenvalue weighted by molar-refractivity contribution is -0.150. The molecule has 0 unspecified atom stereocenters. The van der Waals surface area contributed by atoms with Crippen molar-refractivity contribution >= 4 is 23.5 Å². The van der Waals surface area contributed by atoms with Crippen molar-refractivity contribution in [3.05, 3.63) is 59.2 Å². The van der Waals surface area contributed by atoms with E-state index in [0.717, 1.165) is 16.7 Å². The van der Waals surface area contributed by atoms with Crippen LogP contribution in [0.4, 0.5) is 0 Å². The Morgan fingerprint density at radius 2 is 1.43 bits per heavy atom. The topological polar surface area (TPSA) is 80.3 Å². The first kappa shape index (κ1) is 28.5. The van der Waals surface area contributed by atoms with Gasteiger partial charge >= 0.3 is 11.9 Å². The van der Waals surface area contributed by atoms with Crippen molar-refractivity contribution in [3.8, 4) is 11.5 Å². The molecule has 2 rings (SSSR count). The summed E-state index contributed by atoms with van der Waals surface area (Å²) in [5.41, 5.74) is 2.94. The molecular formula is C27H35ClO7. The van der Waals surface area contributed by atoms with Crippen molar-refractivity contribution in [2.24, 2.45) is 0 Å². The Labute approximate surface area is 212 Å². The van der Waals surface area contributed by atoms with Crippen molar-refractivity contribution in [2.45, 2.75) is 52.2 Å². The van der Waals surface area contributed by atoms with Crippen LogP contribution in [0.1, 0.15) is 44.4 Å². The summed E-state index contributed by atoms with van der Waals surface area (Å²) < 4.78 is 27.1. The summed E-state index contributed by atoms with van der Waals surface area (Å²) in [5.74, 6) is 0.806. The molecule has 8 heteroatoms. The monoisotopic (exact) mass is 506 g/mol. The molecule has 0 aromatic heterocycles. The number of rotatable bonds is 13. The largest absolute Gasteiger partial charge is 0.490 e. The second-order valence-electron chi connectivity index (χ2n) is 8.82. The van der Waals surface area contributed by atoms with Crippen molar-refractivity contribution in [2.75, 3.05) is 32.8 Å². The number of ether oxygens (including phenoxy) is 5. The second-order valence-corrected chi connectivity index (χ2v) is 9.13. The number of alkyl halides is 1. The van der Waals surface area contributed by atoms with E-state index in [1.165, 1.54) is 13.8 Å². The molecule has 0 heterocycles. The fourth-order valence-corrected chi connectivity index (χ4v) is 3.74. The fourth-order valence-electron chi connectivity index (χ4n) is 3.59. The van der Waals surface area contributed by atoms with Gasteiger partial charge in [-0.3, -0.25) is 9.59 Å². The lowest BCUT2D eigenvalue weighted by Crippen LogP contribution is -2.28. The standard InChI is InChI=1S/C27H35ClO7/c1-18-13-22(9-12-26(18)33-16-24(14-28)34-19(2)29)27(4,5)21-7-10-23(11-8-21)32-17-25(15-31-6)35-20(3)30/h7-13,24-25H,14-17H2,1-6H3/t24-,25+/m0/s1. The van der Waals surface area contributed by atoms with Crippen LogP contribution in [0.25, 0.3) is 0 Å². The van der Waals surface area contributed by atoms with E-state index in [9.17, 15) is 9.59 Å². The molecule has 0 saturated heterocycles. The summed E-state index contributed by atoms with van der Waals surface area (Å²) >= 11 is 5.86. The molecule has 0 aliphatic heterocycles. The van der Waals surface area contributed by atoms with Gasteiger partial charge in [-0.25, -0.2) is 0 Å². The summed E-state index contributed by atoms with van der Waals surface area (Å²) in [6.45, 7) is 9.65. The minimum absolute atomic E-state index is 0.167. The van der Waals surface area contributed by atoms with E-state index in [-0.39, 0.29) is 43.1 Å². The van der Waals surface area contributed by atoms with Crippen LogP contribution in [0, 0.1) is 6.92 Å². The van der Waals surface area contributed by atoms with Gasteiger partial charge in [-0.1, -0.05) is 38.1 Å². The third-order valence-electron chi connectivity index (χ3n) is 5.52. The number of hydrogen-bond acceptors (Lipinski definition) is 7. The molecule has 35 heavy (non-hydrogen) atoms. The van der Waals surface area contributed by atoms with Crippen LogP contribution in [0.15, 0.2) is 42.5 Å². The van der Waals surface area contributed by atoms with Crippen LogP contribution < -0.4 is 9.47 Å². The van der Waals surface area contributed by atoms with Gasteiger partial charge in [-0.05, 0) is 41.8 Å². The lowest BCUT2D eigenvalue weighted by Gasteiger charge is -2.27. The van der Waals surface area contributed by atoms with Gasteiger partial charge in [0, 0.05) is 26.4 Å². The molecule has 7 nitrogen and oxygen atoms in total. The van der Waals surface area contributed by atoms with Gasteiger partial charge in [-0.2, -0.15) is 0 Å². The lowest BCUT2D eigenvalue weighted by atomic mass is 9.77. The minimum Gasteiger partial charge on any atom is -0.490 e. The third-order valence-corrected chi connectivity index (χ3v) is 5.87. The van der Waals surface area contributed by atoms with E-state index < -0.39 is 12.2 Å². The van der Waals surface area contributed by atoms with E-state index in [1.54, 1.807) is 7.11 Å². The Balaban J connectivity index is 2.06. The maximum atomic E-state index is 11.2. The molecule has 2 atom stereocenters. The number of aryl methyl sites for hydroxylation is 1. The van der Waals surface area contributed by atoms with Crippen LogP contribution in [0.5, 0.6) is 11.5 Å². The predicted molar refractivity (Wildman–Crippen MR) is 134 cm³/mol. The molecule has 0 N–H and O–H groups in total. The highest BCUT2D eigenvalue weighted by atomic mass is 35.5. The Hall–Kier alpha value is -2.77. The SMILES string of the molecule is COC[C@H](COc1ccc(C(C)(C)c2ccc(OC[C@H](CCl)OC(C)=O)c(C)c2)cc1)OC(C)=O. The number of hydrogen-bond donors (Lipinski definition) is 0. The van der Waals surface area contributed by atoms with Crippen molar-refractivity contribution in [1.29, 1.82) is 0 Å². The number of carbonyl (C=O) groups excluding carboxylic acids is 2. The highest BCUT2D eigenvalue weighted by Gasteiger charge is 2.24. The number of methoxy groups -OCH3 is 1. The summed E-state index contributed by atoms with van der Waals surface area (Å²) in [7, 11) is 1.55. The van der Waals surface area contributed by atoms with Crippen molar-refractivity contribution < 1.29 is 33.3 Å². The zero-order chi connectivity index (χ0) is 26.0. The molecular weight excluding hydrogens is 472 g/mol. The Morgan fingerprint density at radius 3 is 1.97 bits per heavy atom. The van der Waals surface area contributed by atoms with Crippen LogP contribution in [0.3, 0.4) is 0 Å². The molecule has 0 aliphatic rings. The van der Waals surface area contributed by atoms with Gasteiger partial charge in [-0.15, -0.1) is 11.6 Å². The van der Waals surface area contributed by atoms with E-state index in [1.807, 2.05) is 43.3 Å². The van der Waals surface area contributed by atoms with E-state index in [0.29, 0.717) is 11.5 Å². The van der Waals surface area contributed by atoms with E-state index in [2.05, 4.69) is 19.9 Å². The first-order valence-corrected chi connectivity index (χ1v) is 12.0. The first-order valence-electron chi connectivity index (χ1n) is 11.4. The molecule has 192 valence electrons. The van der Waals surface area contributed by atoms with Crippen molar-refractivity contribution in [1.82, 2.24) is 0 Å². The number of halogens is 1. The molecule has 0 fully saturated rings. The van der Waals surface area contributed by atoms with Gasteiger partial charge < -0.3 is 23.7 Å². The molecule has 0 saturated carbocycles. The van der Waals surface area contributed by atoms with Gasteiger partial charge in [0.25, 0.3) is 0 Å². The Bertz CT molecular complexity index is 972. The number of esters is 2. The molecule has 0 amide bonds. The van der Waals surface area contributed by atoms with Gasteiger partial charge in [0.2, 0.25) is 0 Å². The molecule has 2 aromatic rings. The Kier molecular flexibility index (Phi) is 10.9. The smallest absolute Gasteiger partial charge is 0.303 e. The first-order chi connectivity index (χ1) is 16.6.